The molecule has 1 atom stereocenters. The number of ether oxygens (including phenoxy) is 1. The van der Waals surface area contributed by atoms with Gasteiger partial charge in [0.15, 0.2) is 0 Å². The number of carbonyl (C=O) groups excluding carboxylic acids is 1. The van der Waals surface area contributed by atoms with Crippen LogP contribution in [0.25, 0.3) is 0 Å². The number of aromatic nitrogens is 2. The van der Waals surface area contributed by atoms with Crippen molar-refractivity contribution in [3.8, 4) is 5.75 Å². The van der Waals surface area contributed by atoms with Gasteiger partial charge in [-0.1, -0.05) is 12.1 Å². The summed E-state index contributed by atoms with van der Waals surface area (Å²) < 4.78 is 5.48. The minimum absolute atomic E-state index is 0.156. The first-order valence-corrected chi connectivity index (χ1v) is 10.7. The van der Waals surface area contributed by atoms with E-state index in [-0.39, 0.29) is 11.8 Å². The number of hydrogen-bond donors (Lipinski definition) is 1. The third-order valence-electron chi connectivity index (χ3n) is 5.33. The van der Waals surface area contributed by atoms with Crippen LogP contribution in [-0.2, 0) is 17.8 Å². The van der Waals surface area contributed by atoms with Gasteiger partial charge in [-0.3, -0.25) is 4.79 Å². The molecule has 1 saturated heterocycles. The molecular formula is C23H33N5O2. The molecule has 1 aromatic carbocycles. The average molecular weight is 412 g/mol. The Hall–Kier alpha value is -2.67. The highest BCUT2D eigenvalue weighted by Crippen LogP contribution is 2.27. The number of carbonyl (C=O) groups is 1. The largest absolute Gasteiger partial charge is 0.494 e. The zero-order valence-corrected chi connectivity index (χ0v) is 18.5. The van der Waals surface area contributed by atoms with Crippen molar-refractivity contribution in [2.75, 3.05) is 45.7 Å². The van der Waals surface area contributed by atoms with Crippen LogP contribution in [0.3, 0.4) is 0 Å². The summed E-state index contributed by atoms with van der Waals surface area (Å²) in [4.78, 5) is 26.5. The first kappa shape index (κ1) is 22.0. The molecule has 2 heterocycles. The lowest BCUT2D eigenvalue weighted by Crippen LogP contribution is -2.40. The van der Waals surface area contributed by atoms with Gasteiger partial charge < -0.3 is 19.9 Å². The van der Waals surface area contributed by atoms with Crippen LogP contribution < -0.4 is 15.0 Å². The highest BCUT2D eigenvalue weighted by atomic mass is 16.5. The van der Waals surface area contributed by atoms with E-state index in [0.717, 1.165) is 48.0 Å². The third kappa shape index (κ3) is 5.69. The monoisotopic (exact) mass is 411 g/mol. The summed E-state index contributed by atoms with van der Waals surface area (Å²) in [5.41, 5.74) is 1.98. The van der Waals surface area contributed by atoms with E-state index in [1.807, 2.05) is 68.2 Å². The van der Waals surface area contributed by atoms with Crippen molar-refractivity contribution in [3.63, 3.8) is 0 Å². The van der Waals surface area contributed by atoms with E-state index in [4.69, 9.17) is 14.7 Å². The average Bonchev–Trinajstić information content (AvgIpc) is 2.75. The predicted octanol–water partition coefficient (Wildman–Crippen LogP) is 2.61. The summed E-state index contributed by atoms with van der Waals surface area (Å²) in [6.07, 6.45) is 2.38. The molecule has 1 aliphatic rings. The molecule has 0 spiro atoms. The number of amides is 1. The number of hydrogen-bond acceptors (Lipinski definition) is 6. The number of piperidine rings is 1. The first-order chi connectivity index (χ1) is 14.5. The zero-order valence-electron chi connectivity index (χ0n) is 18.5. The third-order valence-corrected chi connectivity index (χ3v) is 5.33. The Morgan fingerprint density at radius 1 is 1.27 bits per heavy atom. The smallest absolute Gasteiger partial charge is 0.227 e. The van der Waals surface area contributed by atoms with Crippen LogP contribution in [0.4, 0.5) is 5.82 Å². The summed E-state index contributed by atoms with van der Waals surface area (Å²) in [5.74, 6) is 2.90. The molecule has 0 radical (unpaired) electrons. The Bertz CT molecular complexity index is 838. The number of nitrogens with zero attached hydrogens (tertiary/aromatic N) is 4. The van der Waals surface area contributed by atoms with Gasteiger partial charge in [0.25, 0.3) is 0 Å². The van der Waals surface area contributed by atoms with Crippen molar-refractivity contribution in [2.45, 2.75) is 38.6 Å². The van der Waals surface area contributed by atoms with Gasteiger partial charge in [0.2, 0.25) is 5.91 Å². The molecule has 1 fully saturated rings. The number of likely N-dealkylation sites (tertiary alicyclic amines) is 1. The summed E-state index contributed by atoms with van der Waals surface area (Å²) in [6, 6.07) is 9.80. The van der Waals surface area contributed by atoms with Gasteiger partial charge in [0.05, 0.1) is 18.7 Å². The standard InChI is InChI=1S/C23H33N5O2/c1-5-30-20-10-8-17(9-11-20)13-22(29)28-12-6-7-18(16-28)23-25-19(15-24-2)14-21(26-23)27(3)4/h8-11,14,18,24H,5-7,12-13,15-16H2,1-4H3/t18-/m1/s1. The molecular weight excluding hydrogens is 378 g/mol. The van der Waals surface area contributed by atoms with Crippen molar-refractivity contribution in [1.82, 2.24) is 20.2 Å². The van der Waals surface area contributed by atoms with Gasteiger partial charge in [-0.15, -0.1) is 0 Å². The van der Waals surface area contributed by atoms with Gasteiger partial charge in [-0.25, -0.2) is 9.97 Å². The van der Waals surface area contributed by atoms with E-state index < -0.39 is 0 Å². The van der Waals surface area contributed by atoms with Crippen LogP contribution in [0.1, 0.15) is 42.8 Å². The molecule has 1 aliphatic heterocycles. The van der Waals surface area contributed by atoms with Crippen LogP contribution >= 0.6 is 0 Å². The van der Waals surface area contributed by atoms with Gasteiger partial charge in [-0.05, 0) is 44.5 Å². The fourth-order valence-electron chi connectivity index (χ4n) is 3.76. The molecule has 1 amide bonds. The summed E-state index contributed by atoms with van der Waals surface area (Å²) in [6.45, 7) is 4.77. The second-order valence-electron chi connectivity index (χ2n) is 7.93. The zero-order chi connectivity index (χ0) is 21.5. The molecule has 0 saturated carbocycles. The van der Waals surface area contributed by atoms with Crippen LogP contribution in [0.15, 0.2) is 30.3 Å². The molecule has 1 aromatic heterocycles. The molecule has 2 aromatic rings. The fraction of sp³-hybridized carbons (Fsp3) is 0.522. The molecule has 30 heavy (non-hydrogen) atoms. The molecule has 162 valence electrons. The van der Waals surface area contributed by atoms with E-state index in [0.29, 0.717) is 26.1 Å². The van der Waals surface area contributed by atoms with Gasteiger partial charge in [0.1, 0.15) is 17.4 Å². The van der Waals surface area contributed by atoms with Crippen molar-refractivity contribution in [1.29, 1.82) is 0 Å². The highest BCUT2D eigenvalue weighted by Gasteiger charge is 2.27. The van der Waals surface area contributed by atoms with Crippen LogP contribution in [-0.4, -0.2) is 61.6 Å². The number of benzene rings is 1. The lowest BCUT2D eigenvalue weighted by atomic mass is 9.96. The maximum Gasteiger partial charge on any atom is 0.227 e. The van der Waals surface area contributed by atoms with Gasteiger partial charge >= 0.3 is 0 Å². The fourth-order valence-corrected chi connectivity index (χ4v) is 3.76. The van der Waals surface area contributed by atoms with Crippen molar-refractivity contribution < 1.29 is 9.53 Å². The molecule has 7 heteroatoms. The number of rotatable bonds is 8. The molecule has 1 N–H and O–H groups in total. The second kappa shape index (κ2) is 10.4. The van der Waals surface area contributed by atoms with Gasteiger partial charge in [0, 0.05) is 45.7 Å². The Morgan fingerprint density at radius 3 is 2.70 bits per heavy atom. The van der Waals surface area contributed by atoms with Crippen molar-refractivity contribution in [3.05, 3.63) is 47.4 Å². The normalized spacial score (nSPS) is 16.4. The van der Waals surface area contributed by atoms with Crippen LogP contribution in [0.5, 0.6) is 5.75 Å². The van der Waals surface area contributed by atoms with E-state index in [1.54, 1.807) is 0 Å². The maximum absolute atomic E-state index is 12.9. The van der Waals surface area contributed by atoms with Crippen LogP contribution in [0.2, 0.25) is 0 Å². The van der Waals surface area contributed by atoms with E-state index in [9.17, 15) is 4.79 Å². The van der Waals surface area contributed by atoms with Crippen molar-refractivity contribution >= 4 is 11.7 Å². The van der Waals surface area contributed by atoms with E-state index >= 15 is 0 Å². The Balaban J connectivity index is 1.69. The number of anilines is 1. The highest BCUT2D eigenvalue weighted by molar-refractivity contribution is 5.79. The lowest BCUT2D eigenvalue weighted by Gasteiger charge is -2.32. The number of nitrogens with one attached hydrogen (secondary N) is 1. The molecule has 7 nitrogen and oxygen atoms in total. The summed E-state index contributed by atoms with van der Waals surface area (Å²) in [5, 5.41) is 3.16. The minimum atomic E-state index is 0.156. The van der Waals surface area contributed by atoms with E-state index in [2.05, 4.69) is 5.32 Å². The maximum atomic E-state index is 12.9. The van der Waals surface area contributed by atoms with E-state index in [1.165, 1.54) is 0 Å². The minimum Gasteiger partial charge on any atom is -0.494 e. The Kier molecular flexibility index (Phi) is 7.63. The second-order valence-corrected chi connectivity index (χ2v) is 7.93. The topological polar surface area (TPSA) is 70.6 Å². The quantitative estimate of drug-likeness (QED) is 0.720. The Morgan fingerprint density at radius 2 is 2.03 bits per heavy atom. The predicted molar refractivity (Wildman–Crippen MR) is 119 cm³/mol. The Labute approximate surface area is 179 Å². The van der Waals surface area contributed by atoms with Gasteiger partial charge in [-0.2, -0.15) is 0 Å². The molecule has 0 aliphatic carbocycles. The summed E-state index contributed by atoms with van der Waals surface area (Å²) in [7, 11) is 5.89. The lowest BCUT2D eigenvalue weighted by molar-refractivity contribution is -0.131. The summed E-state index contributed by atoms with van der Waals surface area (Å²) >= 11 is 0. The first-order valence-electron chi connectivity index (χ1n) is 10.7. The SMILES string of the molecule is CCOc1ccc(CC(=O)N2CCC[C@@H](c3nc(CNC)cc(N(C)C)n3)C2)cc1. The molecule has 3 rings (SSSR count). The van der Waals surface area contributed by atoms with Crippen molar-refractivity contribution in [2.24, 2.45) is 0 Å². The van der Waals surface area contributed by atoms with Crippen LogP contribution in [0, 0.1) is 0 Å². The molecule has 0 bridgehead atoms. The molecule has 0 unspecified atom stereocenters.